The number of pyridine rings is 1. The summed E-state index contributed by atoms with van der Waals surface area (Å²) in [5.74, 6) is -0.203. The molecule has 194 valence electrons. The maximum Gasteiger partial charge on any atom is 0.416 e. The summed E-state index contributed by atoms with van der Waals surface area (Å²) in [7, 11) is 0. The lowest BCUT2D eigenvalue weighted by Gasteiger charge is -2.29. The predicted octanol–water partition coefficient (Wildman–Crippen LogP) is 5.49. The SMILES string of the molecule is Cc1ccc(C(=O)Nc2cccc(C(F)(F)F)c2)cc1C1CCN(c2cncc(N3CCOCC3)c2)C1. The summed E-state index contributed by atoms with van der Waals surface area (Å²) in [4.78, 5) is 22.0. The van der Waals surface area contributed by atoms with E-state index in [9.17, 15) is 18.0 Å². The Hall–Kier alpha value is -3.59. The van der Waals surface area contributed by atoms with Gasteiger partial charge in [-0.1, -0.05) is 12.1 Å². The highest BCUT2D eigenvalue weighted by Gasteiger charge is 2.31. The molecule has 3 heterocycles. The van der Waals surface area contributed by atoms with Gasteiger partial charge < -0.3 is 19.9 Å². The molecule has 2 fully saturated rings. The molecule has 2 aliphatic rings. The van der Waals surface area contributed by atoms with Crippen molar-refractivity contribution in [3.05, 3.63) is 83.2 Å². The Bertz CT molecular complexity index is 1270. The molecule has 9 heteroatoms. The first-order valence-corrected chi connectivity index (χ1v) is 12.4. The number of aromatic nitrogens is 1. The number of hydrogen-bond donors (Lipinski definition) is 1. The number of rotatable bonds is 5. The van der Waals surface area contributed by atoms with E-state index >= 15 is 0 Å². The smallest absolute Gasteiger partial charge is 0.378 e. The van der Waals surface area contributed by atoms with Gasteiger partial charge in [-0.05, 0) is 60.9 Å². The number of hydrogen-bond acceptors (Lipinski definition) is 5. The van der Waals surface area contributed by atoms with Crippen LogP contribution in [0.25, 0.3) is 0 Å². The topological polar surface area (TPSA) is 57.7 Å². The molecule has 1 unspecified atom stereocenters. The normalized spacial score (nSPS) is 18.2. The number of ether oxygens (including phenoxy) is 1. The Morgan fingerprint density at radius 2 is 1.76 bits per heavy atom. The maximum atomic E-state index is 13.0. The van der Waals surface area contributed by atoms with Crippen LogP contribution >= 0.6 is 0 Å². The van der Waals surface area contributed by atoms with E-state index in [1.54, 1.807) is 6.07 Å². The van der Waals surface area contributed by atoms with Crippen molar-refractivity contribution in [2.45, 2.75) is 25.4 Å². The molecule has 1 amide bonds. The van der Waals surface area contributed by atoms with Gasteiger partial charge in [-0.2, -0.15) is 13.2 Å². The van der Waals surface area contributed by atoms with Crippen LogP contribution in [0, 0.1) is 6.92 Å². The second kappa shape index (κ2) is 10.4. The summed E-state index contributed by atoms with van der Waals surface area (Å²) >= 11 is 0. The van der Waals surface area contributed by atoms with Gasteiger partial charge in [0.15, 0.2) is 0 Å². The van der Waals surface area contributed by atoms with Crippen molar-refractivity contribution in [2.24, 2.45) is 0 Å². The van der Waals surface area contributed by atoms with Crippen LogP contribution in [0.3, 0.4) is 0 Å². The molecule has 37 heavy (non-hydrogen) atoms. The molecule has 0 radical (unpaired) electrons. The number of nitrogens with one attached hydrogen (secondary N) is 1. The number of amides is 1. The first kappa shape index (κ1) is 25.1. The molecule has 2 aromatic carbocycles. The van der Waals surface area contributed by atoms with E-state index in [2.05, 4.69) is 26.2 Å². The van der Waals surface area contributed by atoms with E-state index in [1.165, 1.54) is 12.1 Å². The largest absolute Gasteiger partial charge is 0.416 e. The highest BCUT2D eigenvalue weighted by atomic mass is 19.4. The lowest BCUT2D eigenvalue weighted by Crippen LogP contribution is -2.36. The molecule has 1 aromatic heterocycles. The third kappa shape index (κ3) is 5.72. The number of halogens is 3. The summed E-state index contributed by atoms with van der Waals surface area (Å²) in [6, 6.07) is 12.3. The summed E-state index contributed by atoms with van der Waals surface area (Å²) in [6.45, 7) is 6.82. The third-order valence-electron chi connectivity index (χ3n) is 7.07. The Morgan fingerprint density at radius 3 is 2.51 bits per heavy atom. The van der Waals surface area contributed by atoms with E-state index in [-0.39, 0.29) is 11.6 Å². The van der Waals surface area contributed by atoms with E-state index in [0.717, 1.165) is 67.2 Å². The minimum absolute atomic E-state index is 0.113. The molecule has 1 N–H and O–H groups in total. The van der Waals surface area contributed by atoms with Crippen LogP contribution in [0.4, 0.5) is 30.2 Å². The molecule has 2 aliphatic heterocycles. The van der Waals surface area contributed by atoms with Gasteiger partial charge in [0.2, 0.25) is 0 Å². The molecule has 0 spiro atoms. The molecular formula is C28H29F3N4O2. The van der Waals surface area contributed by atoms with Crippen LogP contribution in [-0.2, 0) is 10.9 Å². The average Bonchev–Trinajstić information content (AvgIpc) is 3.39. The maximum absolute atomic E-state index is 13.0. The third-order valence-corrected chi connectivity index (χ3v) is 7.07. The van der Waals surface area contributed by atoms with Gasteiger partial charge in [-0.3, -0.25) is 9.78 Å². The standard InChI is InChI=1S/C28H29F3N4O2/c1-19-5-6-20(27(36)33-23-4-2-3-22(14-23)28(29,30)31)13-26(19)21-7-8-35(18-21)25-15-24(16-32-17-25)34-9-11-37-12-10-34/h2-6,13-17,21H,7-12,18H2,1H3,(H,33,36). The fourth-order valence-electron chi connectivity index (χ4n) is 5.03. The van der Waals surface area contributed by atoms with Crippen molar-refractivity contribution in [2.75, 3.05) is 54.5 Å². The van der Waals surface area contributed by atoms with Crippen LogP contribution in [0.1, 0.15) is 39.4 Å². The van der Waals surface area contributed by atoms with Crippen LogP contribution < -0.4 is 15.1 Å². The van der Waals surface area contributed by atoms with Crippen molar-refractivity contribution in [3.63, 3.8) is 0 Å². The molecule has 0 aliphatic carbocycles. The van der Waals surface area contributed by atoms with Crippen LogP contribution in [0.2, 0.25) is 0 Å². The van der Waals surface area contributed by atoms with Crippen LogP contribution in [0.5, 0.6) is 0 Å². The van der Waals surface area contributed by atoms with Gasteiger partial charge in [0.05, 0.1) is 42.5 Å². The lowest BCUT2D eigenvalue weighted by molar-refractivity contribution is -0.137. The highest BCUT2D eigenvalue weighted by molar-refractivity contribution is 6.04. The number of carbonyl (C=O) groups is 1. The van der Waals surface area contributed by atoms with Gasteiger partial charge >= 0.3 is 6.18 Å². The Balaban J connectivity index is 1.29. The zero-order valence-electron chi connectivity index (χ0n) is 20.6. The second-order valence-corrected chi connectivity index (χ2v) is 9.54. The van der Waals surface area contributed by atoms with Gasteiger partial charge in [0.25, 0.3) is 5.91 Å². The summed E-state index contributed by atoms with van der Waals surface area (Å²) < 4.78 is 44.6. The molecule has 6 nitrogen and oxygen atoms in total. The quantitative estimate of drug-likeness (QED) is 0.492. The average molecular weight is 511 g/mol. The fraction of sp³-hybridized carbons (Fsp3) is 0.357. The number of benzene rings is 2. The molecular weight excluding hydrogens is 481 g/mol. The van der Waals surface area contributed by atoms with Crippen molar-refractivity contribution in [1.29, 1.82) is 0 Å². The lowest BCUT2D eigenvalue weighted by atomic mass is 9.92. The van der Waals surface area contributed by atoms with Crippen LogP contribution in [-0.4, -0.2) is 50.3 Å². The van der Waals surface area contributed by atoms with E-state index < -0.39 is 17.6 Å². The summed E-state index contributed by atoms with van der Waals surface area (Å²) in [5, 5.41) is 2.61. The minimum Gasteiger partial charge on any atom is -0.378 e. The number of alkyl halides is 3. The number of aryl methyl sites for hydroxylation is 1. The zero-order chi connectivity index (χ0) is 26.0. The monoisotopic (exact) mass is 510 g/mol. The van der Waals surface area contributed by atoms with Crippen molar-refractivity contribution >= 4 is 23.0 Å². The highest BCUT2D eigenvalue weighted by Crippen LogP contribution is 2.34. The number of morpholine rings is 1. The molecule has 3 aromatic rings. The first-order valence-electron chi connectivity index (χ1n) is 12.4. The summed E-state index contributed by atoms with van der Waals surface area (Å²) in [5.41, 5.74) is 4.07. The number of nitrogens with zero attached hydrogens (tertiary/aromatic N) is 3. The second-order valence-electron chi connectivity index (χ2n) is 9.54. The van der Waals surface area contributed by atoms with Crippen molar-refractivity contribution < 1.29 is 22.7 Å². The van der Waals surface area contributed by atoms with Crippen molar-refractivity contribution in [1.82, 2.24) is 4.98 Å². The zero-order valence-corrected chi connectivity index (χ0v) is 20.6. The Morgan fingerprint density at radius 1 is 1.00 bits per heavy atom. The minimum atomic E-state index is -4.47. The molecule has 1 atom stereocenters. The van der Waals surface area contributed by atoms with Gasteiger partial charge in [0, 0.05) is 43.3 Å². The fourth-order valence-corrected chi connectivity index (χ4v) is 5.03. The van der Waals surface area contributed by atoms with Gasteiger partial charge in [-0.25, -0.2) is 0 Å². The van der Waals surface area contributed by atoms with Crippen LogP contribution in [0.15, 0.2) is 60.9 Å². The first-order chi connectivity index (χ1) is 17.8. The van der Waals surface area contributed by atoms with Gasteiger partial charge in [0.1, 0.15) is 0 Å². The Labute approximate surface area is 214 Å². The number of anilines is 3. The van der Waals surface area contributed by atoms with E-state index in [1.807, 2.05) is 31.5 Å². The van der Waals surface area contributed by atoms with Gasteiger partial charge in [-0.15, -0.1) is 0 Å². The van der Waals surface area contributed by atoms with E-state index in [0.29, 0.717) is 18.8 Å². The molecule has 2 saturated heterocycles. The van der Waals surface area contributed by atoms with Crippen molar-refractivity contribution in [3.8, 4) is 0 Å². The van der Waals surface area contributed by atoms with E-state index in [4.69, 9.17) is 4.74 Å². The molecule has 5 rings (SSSR count). The molecule has 0 bridgehead atoms. The number of carbonyl (C=O) groups excluding carboxylic acids is 1. The predicted molar refractivity (Wildman–Crippen MR) is 137 cm³/mol. The Kier molecular flexibility index (Phi) is 7.06. The summed E-state index contributed by atoms with van der Waals surface area (Å²) in [6.07, 6.45) is 0.238. The molecule has 0 saturated carbocycles.